The van der Waals surface area contributed by atoms with Gasteiger partial charge in [-0.05, 0) is 31.2 Å². The molecule has 0 spiro atoms. The molecule has 2 aromatic heterocycles. The van der Waals surface area contributed by atoms with Gasteiger partial charge in [-0.15, -0.1) is 0 Å². The van der Waals surface area contributed by atoms with E-state index in [1.54, 1.807) is 4.90 Å². The highest BCUT2D eigenvalue weighted by molar-refractivity contribution is 7.98. The first-order valence-corrected chi connectivity index (χ1v) is 8.37. The third kappa shape index (κ3) is 2.56. The van der Waals surface area contributed by atoms with E-state index < -0.39 is 5.97 Å². The Balaban J connectivity index is 1.86. The summed E-state index contributed by atoms with van der Waals surface area (Å²) in [5.74, 6) is -1.23. The number of hydrogen-bond donors (Lipinski definition) is 1. The molecule has 22 heavy (non-hydrogen) atoms. The molecule has 1 fully saturated rings. The number of aliphatic carboxylic acids is 1. The predicted molar refractivity (Wildman–Crippen MR) is 83.2 cm³/mol. The van der Waals surface area contributed by atoms with Crippen molar-refractivity contribution in [3.8, 4) is 0 Å². The molecule has 0 aromatic carbocycles. The van der Waals surface area contributed by atoms with E-state index in [4.69, 9.17) is 5.11 Å². The second-order valence-electron chi connectivity index (χ2n) is 5.31. The number of pyridine rings is 1. The fourth-order valence-electron chi connectivity index (χ4n) is 2.79. The van der Waals surface area contributed by atoms with E-state index in [2.05, 4.69) is 4.98 Å². The monoisotopic (exact) mass is 319 g/mol. The highest BCUT2D eigenvalue weighted by Gasteiger charge is 2.29. The molecule has 1 saturated heterocycles. The molecular weight excluding hydrogens is 302 g/mol. The first-order chi connectivity index (χ1) is 10.6. The molecule has 7 heteroatoms. The Hall–Kier alpha value is -2.02. The second-order valence-corrected chi connectivity index (χ2v) is 6.08. The van der Waals surface area contributed by atoms with Gasteiger partial charge in [0, 0.05) is 19.3 Å². The summed E-state index contributed by atoms with van der Waals surface area (Å²) in [6.07, 6.45) is 4.82. The molecule has 116 valence electrons. The Kier molecular flexibility index (Phi) is 4.06. The van der Waals surface area contributed by atoms with Crippen molar-refractivity contribution in [1.29, 1.82) is 0 Å². The van der Waals surface area contributed by atoms with Crippen molar-refractivity contribution in [2.24, 2.45) is 5.92 Å². The summed E-state index contributed by atoms with van der Waals surface area (Å²) in [6, 6.07) is 5.67. The van der Waals surface area contributed by atoms with Crippen LogP contribution in [0.1, 0.15) is 23.3 Å². The van der Waals surface area contributed by atoms with E-state index in [1.165, 1.54) is 11.8 Å². The molecule has 3 heterocycles. The minimum atomic E-state index is -0.774. The van der Waals surface area contributed by atoms with Crippen molar-refractivity contribution < 1.29 is 14.7 Å². The molecule has 0 aliphatic carbocycles. The Morgan fingerprint density at radius 2 is 2.05 bits per heavy atom. The summed E-state index contributed by atoms with van der Waals surface area (Å²) in [5.41, 5.74) is 1.23. The van der Waals surface area contributed by atoms with Gasteiger partial charge >= 0.3 is 5.97 Å². The number of thioether (sulfide) groups is 1. The van der Waals surface area contributed by atoms with Crippen LogP contribution in [0.2, 0.25) is 0 Å². The lowest BCUT2D eigenvalue weighted by molar-refractivity contribution is -0.143. The highest BCUT2D eigenvalue weighted by Crippen LogP contribution is 2.23. The normalized spacial score (nSPS) is 16.1. The van der Waals surface area contributed by atoms with Crippen LogP contribution < -0.4 is 0 Å². The average Bonchev–Trinajstić information content (AvgIpc) is 2.93. The fraction of sp³-hybridized carbons (Fsp3) is 0.400. The molecule has 1 N–H and O–H groups in total. The van der Waals surface area contributed by atoms with Gasteiger partial charge < -0.3 is 10.0 Å². The average molecular weight is 319 g/mol. The standard InChI is InChI=1S/C15H17N3O3S/c1-22-15-16-12(11-4-2-3-7-18(11)15)13(19)17-8-5-10(6-9-17)14(20)21/h2-4,7,10H,5-6,8-9H2,1H3,(H,20,21). The first kappa shape index (κ1) is 14.9. The van der Waals surface area contributed by atoms with Crippen LogP contribution in [0, 0.1) is 5.92 Å². The van der Waals surface area contributed by atoms with E-state index in [0.717, 1.165) is 10.7 Å². The van der Waals surface area contributed by atoms with Crippen molar-refractivity contribution in [2.45, 2.75) is 18.0 Å². The molecule has 0 radical (unpaired) electrons. The number of nitrogens with zero attached hydrogens (tertiary/aromatic N) is 3. The van der Waals surface area contributed by atoms with Crippen LogP contribution in [0.5, 0.6) is 0 Å². The molecule has 1 aliphatic heterocycles. The van der Waals surface area contributed by atoms with Crippen molar-refractivity contribution in [1.82, 2.24) is 14.3 Å². The molecule has 0 unspecified atom stereocenters. The molecule has 1 aliphatic rings. The molecule has 3 rings (SSSR count). The summed E-state index contributed by atoms with van der Waals surface area (Å²) >= 11 is 1.49. The van der Waals surface area contributed by atoms with Crippen LogP contribution in [0.15, 0.2) is 29.6 Å². The third-order valence-electron chi connectivity index (χ3n) is 4.03. The molecule has 0 bridgehead atoms. The maximum atomic E-state index is 12.7. The van der Waals surface area contributed by atoms with Gasteiger partial charge in [-0.3, -0.25) is 14.0 Å². The Morgan fingerprint density at radius 3 is 2.68 bits per heavy atom. The number of carbonyl (C=O) groups is 2. The summed E-state index contributed by atoms with van der Waals surface area (Å²) in [7, 11) is 0. The number of carbonyl (C=O) groups excluding carboxylic acids is 1. The topological polar surface area (TPSA) is 74.9 Å². The Morgan fingerprint density at radius 1 is 1.32 bits per heavy atom. The minimum absolute atomic E-state index is 0.118. The lowest BCUT2D eigenvalue weighted by Crippen LogP contribution is -2.40. The SMILES string of the molecule is CSc1nc(C(=O)N2CCC(C(=O)O)CC2)c2ccccn12. The van der Waals surface area contributed by atoms with Gasteiger partial charge in [-0.25, -0.2) is 4.98 Å². The van der Waals surface area contributed by atoms with Crippen LogP contribution in [-0.4, -0.2) is 50.6 Å². The quantitative estimate of drug-likeness (QED) is 0.876. The number of amides is 1. The summed E-state index contributed by atoms with van der Waals surface area (Å²) in [5, 5.41) is 9.81. The van der Waals surface area contributed by atoms with Gasteiger partial charge in [-0.1, -0.05) is 17.8 Å². The van der Waals surface area contributed by atoms with Crippen LogP contribution in [0.4, 0.5) is 0 Å². The zero-order chi connectivity index (χ0) is 15.7. The van der Waals surface area contributed by atoms with E-state index in [-0.39, 0.29) is 11.8 Å². The molecule has 0 saturated carbocycles. The van der Waals surface area contributed by atoms with Crippen LogP contribution in [0.3, 0.4) is 0 Å². The summed E-state index contributed by atoms with van der Waals surface area (Å²) in [4.78, 5) is 29.9. The number of fused-ring (bicyclic) bond motifs is 1. The van der Waals surface area contributed by atoms with Gasteiger partial charge in [0.15, 0.2) is 10.9 Å². The second kappa shape index (κ2) is 6.00. The van der Waals surface area contributed by atoms with Crippen LogP contribution in [-0.2, 0) is 4.79 Å². The maximum Gasteiger partial charge on any atom is 0.306 e. The number of carboxylic acids is 1. The van der Waals surface area contributed by atoms with E-state index in [9.17, 15) is 9.59 Å². The lowest BCUT2D eigenvalue weighted by atomic mass is 9.97. The zero-order valence-electron chi connectivity index (χ0n) is 12.2. The Labute approximate surface area is 132 Å². The number of aromatic nitrogens is 2. The maximum absolute atomic E-state index is 12.7. The zero-order valence-corrected chi connectivity index (χ0v) is 13.0. The van der Waals surface area contributed by atoms with Gasteiger partial charge in [0.1, 0.15) is 0 Å². The van der Waals surface area contributed by atoms with Crippen LogP contribution >= 0.6 is 11.8 Å². The van der Waals surface area contributed by atoms with E-state index in [1.807, 2.05) is 35.1 Å². The molecule has 0 atom stereocenters. The van der Waals surface area contributed by atoms with Crippen molar-refractivity contribution in [3.05, 3.63) is 30.1 Å². The summed E-state index contributed by atoms with van der Waals surface area (Å²) in [6.45, 7) is 0.937. The van der Waals surface area contributed by atoms with E-state index >= 15 is 0 Å². The first-order valence-electron chi connectivity index (χ1n) is 7.15. The van der Waals surface area contributed by atoms with Gasteiger partial charge in [0.25, 0.3) is 5.91 Å². The number of hydrogen-bond acceptors (Lipinski definition) is 4. The molecular formula is C15H17N3O3S. The summed E-state index contributed by atoms with van der Waals surface area (Å²) < 4.78 is 1.90. The van der Waals surface area contributed by atoms with E-state index in [0.29, 0.717) is 31.6 Å². The Bertz CT molecular complexity index is 720. The lowest BCUT2D eigenvalue weighted by Gasteiger charge is -2.29. The largest absolute Gasteiger partial charge is 0.481 e. The number of rotatable bonds is 3. The number of piperidine rings is 1. The number of carboxylic acid groups (broad SMARTS) is 1. The van der Waals surface area contributed by atoms with Crippen LogP contribution in [0.25, 0.3) is 5.52 Å². The molecule has 2 aromatic rings. The smallest absolute Gasteiger partial charge is 0.306 e. The van der Waals surface area contributed by atoms with Gasteiger partial charge in [0.05, 0.1) is 11.4 Å². The minimum Gasteiger partial charge on any atom is -0.481 e. The van der Waals surface area contributed by atoms with Crippen molar-refractivity contribution in [3.63, 3.8) is 0 Å². The van der Waals surface area contributed by atoms with Gasteiger partial charge in [0.2, 0.25) is 0 Å². The number of imidazole rings is 1. The fourth-order valence-corrected chi connectivity index (χ4v) is 3.33. The van der Waals surface area contributed by atoms with Crippen molar-refractivity contribution >= 4 is 29.2 Å². The third-order valence-corrected chi connectivity index (χ3v) is 4.69. The molecule has 6 nitrogen and oxygen atoms in total. The molecule has 1 amide bonds. The highest BCUT2D eigenvalue weighted by atomic mass is 32.2. The predicted octanol–water partition coefficient (Wildman–Crippen LogP) is 1.99. The van der Waals surface area contributed by atoms with Crippen molar-refractivity contribution in [2.75, 3.05) is 19.3 Å². The number of likely N-dealkylation sites (tertiary alicyclic amines) is 1. The van der Waals surface area contributed by atoms with Gasteiger partial charge in [-0.2, -0.15) is 0 Å².